The van der Waals surface area contributed by atoms with Crippen LogP contribution in [0.4, 0.5) is 0 Å². The fraction of sp³-hybridized carbons (Fsp3) is 0.447. The van der Waals surface area contributed by atoms with Gasteiger partial charge in [0.15, 0.2) is 0 Å². The van der Waals surface area contributed by atoms with Crippen molar-refractivity contribution in [3.05, 3.63) is 72.8 Å². The Morgan fingerprint density at radius 2 is 1.45 bits per heavy atom. The van der Waals surface area contributed by atoms with E-state index in [4.69, 9.17) is 9.16 Å². The van der Waals surface area contributed by atoms with Gasteiger partial charge in [0.05, 0.1) is 6.42 Å². The fourth-order valence-corrected chi connectivity index (χ4v) is 10.1. The van der Waals surface area contributed by atoms with Crippen molar-refractivity contribution >= 4 is 36.2 Å². The van der Waals surface area contributed by atoms with E-state index in [0.717, 1.165) is 15.9 Å². The average Bonchev–Trinajstić information content (AvgIpc) is 2.94. The monoisotopic (exact) mass is 610 g/mol. The molecule has 0 aliphatic heterocycles. The third kappa shape index (κ3) is 9.15. The molecule has 5 nitrogen and oxygen atoms in total. The van der Waals surface area contributed by atoms with E-state index in [9.17, 15) is 14.4 Å². The molecular formula is C38H46O5Si. The van der Waals surface area contributed by atoms with Crippen molar-refractivity contribution in [3.8, 4) is 23.7 Å². The summed E-state index contributed by atoms with van der Waals surface area (Å²) in [5.74, 6) is 9.58. The maximum atomic E-state index is 13.3. The van der Waals surface area contributed by atoms with Gasteiger partial charge in [0.1, 0.15) is 23.4 Å². The molecule has 3 atom stereocenters. The molecule has 0 amide bonds. The number of ether oxygens (including phenoxy) is 1. The van der Waals surface area contributed by atoms with Crippen LogP contribution in [0.1, 0.15) is 80.6 Å². The van der Waals surface area contributed by atoms with Gasteiger partial charge in [0.25, 0.3) is 8.32 Å². The van der Waals surface area contributed by atoms with Gasteiger partial charge in [-0.05, 0) is 61.4 Å². The second-order valence-corrected chi connectivity index (χ2v) is 17.8. The summed E-state index contributed by atoms with van der Waals surface area (Å²) in [7, 11) is -2.99. The normalized spacial score (nSPS) is 20.3. The maximum absolute atomic E-state index is 13.3. The predicted octanol–water partition coefficient (Wildman–Crippen LogP) is 6.19. The first-order chi connectivity index (χ1) is 20.6. The topological polar surface area (TPSA) is 69.7 Å². The number of rotatable bonds is 6. The highest BCUT2D eigenvalue weighted by atomic mass is 28.4. The number of benzene rings is 2. The van der Waals surface area contributed by atoms with Gasteiger partial charge in [0.2, 0.25) is 5.78 Å². The Balaban J connectivity index is 2.06. The summed E-state index contributed by atoms with van der Waals surface area (Å²) < 4.78 is 12.7. The van der Waals surface area contributed by atoms with Gasteiger partial charge in [-0.3, -0.25) is 14.4 Å². The molecule has 3 rings (SSSR count). The van der Waals surface area contributed by atoms with E-state index in [1.54, 1.807) is 20.8 Å². The lowest BCUT2D eigenvalue weighted by atomic mass is 9.86. The summed E-state index contributed by atoms with van der Waals surface area (Å²) in [5.41, 5.74) is 0.103. The molecular weight excluding hydrogens is 564 g/mol. The van der Waals surface area contributed by atoms with Crippen molar-refractivity contribution in [2.45, 2.75) is 97.3 Å². The van der Waals surface area contributed by atoms with Crippen molar-refractivity contribution in [1.29, 1.82) is 0 Å². The standard InChI is InChI=1S/C38H46O5Si/c1-28(2)29-18-15-16-20-31(27-30(39)19-17-25-34(35(40)26-29)36(41)42-37(3,4)5)43-44(38(6,7)8,32-21-11-9-12-22-32)33-23-13-10-14-24-33/h9-14,21-24,29,31,34H,1,15,18,25-27H2,2-8H3/t29-,31?,34?/m0/s1. The average molecular weight is 611 g/mol. The van der Waals surface area contributed by atoms with Crippen molar-refractivity contribution < 1.29 is 23.5 Å². The molecule has 0 bridgehead atoms. The van der Waals surface area contributed by atoms with Crippen molar-refractivity contribution in [3.63, 3.8) is 0 Å². The second kappa shape index (κ2) is 14.8. The zero-order chi connectivity index (χ0) is 32.5. The third-order valence-corrected chi connectivity index (χ3v) is 12.8. The van der Waals surface area contributed by atoms with E-state index in [-0.39, 0.29) is 41.8 Å². The summed E-state index contributed by atoms with van der Waals surface area (Å²) in [4.78, 5) is 39.7. The van der Waals surface area contributed by atoms with Gasteiger partial charge in [-0.2, -0.15) is 0 Å². The zero-order valence-corrected chi connectivity index (χ0v) is 28.3. The van der Waals surface area contributed by atoms with E-state index >= 15 is 0 Å². The molecule has 0 saturated carbocycles. The largest absolute Gasteiger partial charge is 0.459 e. The first-order valence-corrected chi connectivity index (χ1v) is 17.2. The number of hydrogen-bond acceptors (Lipinski definition) is 5. The van der Waals surface area contributed by atoms with E-state index < -0.39 is 31.9 Å². The Morgan fingerprint density at radius 1 is 0.886 bits per heavy atom. The Bertz CT molecular complexity index is 1420. The molecule has 2 unspecified atom stereocenters. The molecule has 44 heavy (non-hydrogen) atoms. The molecule has 0 spiro atoms. The predicted molar refractivity (Wildman–Crippen MR) is 179 cm³/mol. The Hall–Kier alpha value is -3.71. The molecule has 0 fully saturated rings. The summed E-state index contributed by atoms with van der Waals surface area (Å²) in [6.07, 6.45) is 0.410. The van der Waals surface area contributed by atoms with Crippen LogP contribution < -0.4 is 10.4 Å². The molecule has 6 heteroatoms. The summed E-state index contributed by atoms with van der Waals surface area (Å²) in [6.45, 7) is 17.8. The van der Waals surface area contributed by atoms with E-state index in [1.807, 2.05) is 43.3 Å². The maximum Gasteiger partial charge on any atom is 0.317 e. The van der Waals surface area contributed by atoms with Crippen LogP contribution in [-0.2, 0) is 23.5 Å². The van der Waals surface area contributed by atoms with E-state index in [2.05, 4.69) is 75.3 Å². The van der Waals surface area contributed by atoms with Crippen LogP contribution in [0, 0.1) is 35.5 Å². The minimum absolute atomic E-state index is 0.0283. The first kappa shape index (κ1) is 34.8. The number of ketones is 2. The van der Waals surface area contributed by atoms with Gasteiger partial charge >= 0.3 is 5.97 Å². The zero-order valence-electron chi connectivity index (χ0n) is 27.3. The number of allylic oxidation sites excluding steroid dienone is 1. The van der Waals surface area contributed by atoms with Gasteiger partial charge in [-0.25, -0.2) is 0 Å². The van der Waals surface area contributed by atoms with Crippen molar-refractivity contribution in [1.82, 2.24) is 0 Å². The first-order valence-electron chi connectivity index (χ1n) is 15.3. The molecule has 1 aliphatic rings. The number of Topliss-reactive ketones (excluding diaryl/α,β-unsaturated/α-hetero) is 2. The minimum Gasteiger partial charge on any atom is -0.459 e. The molecule has 1 aliphatic carbocycles. The molecule has 0 radical (unpaired) electrons. The molecule has 0 N–H and O–H groups in total. The number of carbonyl (C=O) groups excluding carboxylic acids is 3. The van der Waals surface area contributed by atoms with Crippen LogP contribution in [0.15, 0.2) is 72.8 Å². The highest BCUT2D eigenvalue weighted by Crippen LogP contribution is 2.38. The smallest absolute Gasteiger partial charge is 0.317 e. The summed E-state index contributed by atoms with van der Waals surface area (Å²) in [6, 6.07) is 20.5. The van der Waals surface area contributed by atoms with Gasteiger partial charge in [0, 0.05) is 19.3 Å². The van der Waals surface area contributed by atoms with Crippen molar-refractivity contribution in [2.75, 3.05) is 0 Å². The lowest BCUT2D eigenvalue weighted by Gasteiger charge is -2.44. The second-order valence-electron chi connectivity index (χ2n) is 13.6. The van der Waals surface area contributed by atoms with Crippen LogP contribution in [0.3, 0.4) is 0 Å². The lowest BCUT2D eigenvalue weighted by Crippen LogP contribution is -2.67. The Kier molecular flexibility index (Phi) is 11.7. The Morgan fingerprint density at radius 3 is 1.95 bits per heavy atom. The van der Waals surface area contributed by atoms with Crippen LogP contribution in [-0.4, -0.2) is 37.6 Å². The highest BCUT2D eigenvalue weighted by Gasteiger charge is 2.51. The van der Waals surface area contributed by atoms with Crippen LogP contribution in [0.25, 0.3) is 0 Å². The van der Waals surface area contributed by atoms with Crippen LogP contribution >= 0.6 is 0 Å². The van der Waals surface area contributed by atoms with Gasteiger partial charge in [-0.1, -0.05) is 105 Å². The minimum atomic E-state index is -2.99. The fourth-order valence-electron chi connectivity index (χ4n) is 5.54. The molecule has 0 saturated heterocycles. The molecule has 2 aromatic carbocycles. The summed E-state index contributed by atoms with van der Waals surface area (Å²) in [5, 5.41) is 1.90. The van der Waals surface area contributed by atoms with Gasteiger partial charge < -0.3 is 9.16 Å². The van der Waals surface area contributed by atoms with E-state index in [0.29, 0.717) is 12.8 Å². The molecule has 232 valence electrons. The Labute approximate surface area is 264 Å². The number of carbonyl (C=O) groups is 3. The third-order valence-electron chi connectivity index (χ3n) is 7.75. The lowest BCUT2D eigenvalue weighted by molar-refractivity contribution is -0.162. The van der Waals surface area contributed by atoms with E-state index in [1.165, 1.54) is 0 Å². The molecule has 2 aromatic rings. The van der Waals surface area contributed by atoms with Gasteiger partial charge in [-0.15, -0.1) is 5.92 Å². The van der Waals surface area contributed by atoms with Crippen molar-refractivity contribution in [2.24, 2.45) is 11.8 Å². The number of esters is 1. The summed E-state index contributed by atoms with van der Waals surface area (Å²) >= 11 is 0. The van der Waals surface area contributed by atoms with Crippen LogP contribution in [0.2, 0.25) is 5.04 Å². The quantitative estimate of drug-likeness (QED) is 0.0975. The molecule has 0 aromatic heterocycles. The highest BCUT2D eigenvalue weighted by molar-refractivity contribution is 6.99. The SMILES string of the molecule is C=C(C)[C@H]1CCC#CC(O[Si](c2ccccc2)(c2ccccc2)C(C)(C)C)CC(=O)C#CCC(C(=O)OC(C)(C)C)C(=O)C1. The van der Waals surface area contributed by atoms with Crippen LogP contribution in [0.5, 0.6) is 0 Å². The molecule has 0 heterocycles. The number of hydrogen-bond donors (Lipinski definition) is 0.